The number of hydrogen-bond acceptors (Lipinski definition) is 4. The lowest BCUT2D eigenvalue weighted by Crippen LogP contribution is -2.46. The molecule has 2 atom stereocenters. The van der Waals surface area contributed by atoms with Crippen LogP contribution in [0.25, 0.3) is 0 Å². The van der Waals surface area contributed by atoms with E-state index in [1.165, 1.54) is 12.8 Å². The zero-order valence-corrected chi connectivity index (χ0v) is 13.0. The van der Waals surface area contributed by atoms with Gasteiger partial charge in [-0.05, 0) is 43.5 Å². The van der Waals surface area contributed by atoms with E-state index >= 15 is 0 Å². The molecule has 21 heavy (non-hydrogen) atoms. The number of rotatable bonds is 4. The first-order valence-electron chi connectivity index (χ1n) is 7.65. The molecule has 5 nitrogen and oxygen atoms in total. The number of hydrogen-bond donors (Lipinski definition) is 2. The molecule has 2 aliphatic rings. The zero-order valence-electron chi connectivity index (χ0n) is 12.2. The SMILES string of the molecule is NCc1ccc(S(=O)(=O)NC2CCN3CCCCC23)cc1. The lowest BCUT2D eigenvalue weighted by Gasteiger charge is -2.32. The molecule has 1 aromatic carbocycles. The summed E-state index contributed by atoms with van der Waals surface area (Å²) in [5.41, 5.74) is 6.48. The molecule has 6 heteroatoms. The average molecular weight is 309 g/mol. The largest absolute Gasteiger partial charge is 0.326 e. The molecular formula is C15H23N3O2S. The summed E-state index contributed by atoms with van der Waals surface area (Å²) in [4.78, 5) is 2.75. The molecule has 0 bridgehead atoms. The average Bonchev–Trinajstić information content (AvgIpc) is 2.90. The molecule has 0 spiro atoms. The maximum absolute atomic E-state index is 12.5. The molecule has 0 radical (unpaired) electrons. The number of sulfonamides is 1. The maximum atomic E-state index is 12.5. The van der Waals surface area contributed by atoms with Gasteiger partial charge in [0.15, 0.2) is 0 Å². The molecular weight excluding hydrogens is 286 g/mol. The molecule has 3 rings (SSSR count). The fraction of sp³-hybridized carbons (Fsp3) is 0.600. The van der Waals surface area contributed by atoms with Crippen LogP contribution in [0.2, 0.25) is 0 Å². The zero-order chi connectivity index (χ0) is 14.9. The second-order valence-corrected chi connectivity index (χ2v) is 7.68. The molecule has 2 fully saturated rings. The van der Waals surface area contributed by atoms with E-state index in [1.54, 1.807) is 24.3 Å². The smallest absolute Gasteiger partial charge is 0.240 e. The number of fused-ring (bicyclic) bond motifs is 1. The van der Waals surface area contributed by atoms with Gasteiger partial charge < -0.3 is 5.73 Å². The van der Waals surface area contributed by atoms with Gasteiger partial charge in [-0.15, -0.1) is 0 Å². The quantitative estimate of drug-likeness (QED) is 0.872. The summed E-state index contributed by atoms with van der Waals surface area (Å²) in [6.45, 7) is 2.53. The summed E-state index contributed by atoms with van der Waals surface area (Å²) < 4.78 is 27.9. The van der Waals surface area contributed by atoms with Crippen LogP contribution in [0.4, 0.5) is 0 Å². The van der Waals surface area contributed by atoms with Crippen molar-refractivity contribution in [2.75, 3.05) is 13.1 Å². The normalized spacial score (nSPS) is 26.7. The molecule has 0 aromatic heterocycles. The van der Waals surface area contributed by atoms with Gasteiger partial charge in [-0.2, -0.15) is 0 Å². The molecule has 0 saturated carbocycles. The molecule has 2 saturated heterocycles. The molecule has 2 heterocycles. The van der Waals surface area contributed by atoms with Crippen molar-refractivity contribution in [2.45, 2.75) is 49.2 Å². The standard InChI is InChI=1S/C15H23N3O2S/c16-11-12-4-6-13(7-5-12)21(19,20)17-14-8-10-18-9-2-1-3-15(14)18/h4-7,14-15,17H,1-3,8-11,16H2. The van der Waals surface area contributed by atoms with Crippen LogP contribution in [0.15, 0.2) is 29.2 Å². The summed E-state index contributed by atoms with van der Waals surface area (Å²) >= 11 is 0. The highest BCUT2D eigenvalue weighted by Crippen LogP contribution is 2.28. The van der Waals surface area contributed by atoms with Gasteiger partial charge in [0.05, 0.1) is 4.90 Å². The predicted octanol–water partition coefficient (Wildman–Crippen LogP) is 1.05. The van der Waals surface area contributed by atoms with Gasteiger partial charge in [0.25, 0.3) is 0 Å². The van der Waals surface area contributed by atoms with E-state index < -0.39 is 10.0 Å². The van der Waals surface area contributed by atoms with Gasteiger partial charge in [-0.25, -0.2) is 13.1 Å². The summed E-state index contributed by atoms with van der Waals surface area (Å²) in [5, 5.41) is 0. The van der Waals surface area contributed by atoms with Gasteiger partial charge in [-0.3, -0.25) is 4.90 Å². The number of nitrogens with two attached hydrogens (primary N) is 1. The summed E-state index contributed by atoms with van der Waals surface area (Å²) in [6, 6.07) is 7.24. The molecule has 1 aromatic rings. The molecule has 0 amide bonds. The third kappa shape index (κ3) is 3.13. The van der Waals surface area contributed by atoms with Gasteiger partial charge in [-0.1, -0.05) is 18.6 Å². The second kappa shape index (κ2) is 6.04. The molecule has 2 unspecified atom stereocenters. The fourth-order valence-electron chi connectivity index (χ4n) is 3.46. The summed E-state index contributed by atoms with van der Waals surface area (Å²) in [6.07, 6.45) is 4.44. The van der Waals surface area contributed by atoms with E-state index in [2.05, 4.69) is 9.62 Å². The van der Waals surface area contributed by atoms with E-state index in [0.717, 1.165) is 31.5 Å². The van der Waals surface area contributed by atoms with Gasteiger partial charge in [0.2, 0.25) is 10.0 Å². The van der Waals surface area contributed by atoms with E-state index in [-0.39, 0.29) is 6.04 Å². The van der Waals surface area contributed by atoms with Crippen molar-refractivity contribution in [2.24, 2.45) is 5.73 Å². The van der Waals surface area contributed by atoms with Crippen molar-refractivity contribution in [3.8, 4) is 0 Å². The second-order valence-electron chi connectivity index (χ2n) is 5.96. The molecule has 116 valence electrons. The molecule has 2 aliphatic heterocycles. The van der Waals surface area contributed by atoms with E-state index in [4.69, 9.17) is 5.73 Å². The van der Waals surface area contributed by atoms with Crippen molar-refractivity contribution in [3.63, 3.8) is 0 Å². The van der Waals surface area contributed by atoms with Gasteiger partial charge in [0, 0.05) is 25.2 Å². The van der Waals surface area contributed by atoms with Crippen molar-refractivity contribution < 1.29 is 8.42 Å². The van der Waals surface area contributed by atoms with Crippen LogP contribution in [0.1, 0.15) is 31.2 Å². The lowest BCUT2D eigenvalue weighted by atomic mass is 10.00. The van der Waals surface area contributed by atoms with Crippen LogP contribution in [0, 0.1) is 0 Å². The Morgan fingerprint density at radius 3 is 2.62 bits per heavy atom. The Morgan fingerprint density at radius 1 is 1.14 bits per heavy atom. The topological polar surface area (TPSA) is 75.4 Å². The maximum Gasteiger partial charge on any atom is 0.240 e. The number of piperidine rings is 1. The Labute approximate surface area is 126 Å². The minimum absolute atomic E-state index is 0.0458. The van der Waals surface area contributed by atoms with Crippen molar-refractivity contribution in [1.82, 2.24) is 9.62 Å². The predicted molar refractivity (Wildman–Crippen MR) is 82.3 cm³/mol. The Hall–Kier alpha value is -0.950. The first-order chi connectivity index (χ1) is 10.1. The van der Waals surface area contributed by atoms with Gasteiger partial charge >= 0.3 is 0 Å². The third-order valence-corrected chi connectivity index (χ3v) is 6.14. The Kier molecular flexibility index (Phi) is 4.31. The summed E-state index contributed by atoms with van der Waals surface area (Å²) in [5.74, 6) is 0. The van der Waals surface area contributed by atoms with Gasteiger partial charge in [0.1, 0.15) is 0 Å². The van der Waals surface area contributed by atoms with Crippen molar-refractivity contribution in [3.05, 3.63) is 29.8 Å². The van der Waals surface area contributed by atoms with Crippen LogP contribution in [-0.2, 0) is 16.6 Å². The van der Waals surface area contributed by atoms with Crippen LogP contribution in [-0.4, -0.2) is 38.5 Å². The Balaban J connectivity index is 1.73. The molecule has 0 aliphatic carbocycles. The van der Waals surface area contributed by atoms with Crippen LogP contribution in [0.5, 0.6) is 0 Å². The first kappa shape index (κ1) is 15.0. The van der Waals surface area contributed by atoms with Crippen LogP contribution < -0.4 is 10.5 Å². The summed E-state index contributed by atoms with van der Waals surface area (Å²) in [7, 11) is -3.44. The highest BCUT2D eigenvalue weighted by atomic mass is 32.2. The van der Waals surface area contributed by atoms with E-state index in [1.807, 2.05) is 0 Å². The van der Waals surface area contributed by atoms with E-state index in [0.29, 0.717) is 17.5 Å². The number of nitrogens with one attached hydrogen (secondary N) is 1. The van der Waals surface area contributed by atoms with Crippen LogP contribution in [0.3, 0.4) is 0 Å². The monoisotopic (exact) mass is 309 g/mol. The lowest BCUT2D eigenvalue weighted by molar-refractivity contribution is 0.186. The third-order valence-electron chi connectivity index (χ3n) is 4.63. The Bertz CT molecular complexity index is 585. The van der Waals surface area contributed by atoms with Crippen molar-refractivity contribution in [1.29, 1.82) is 0 Å². The fourth-order valence-corrected chi connectivity index (χ4v) is 4.76. The molecule has 3 N–H and O–H groups in total. The highest BCUT2D eigenvalue weighted by Gasteiger charge is 2.37. The van der Waals surface area contributed by atoms with E-state index in [9.17, 15) is 8.42 Å². The minimum Gasteiger partial charge on any atom is -0.326 e. The highest BCUT2D eigenvalue weighted by molar-refractivity contribution is 7.89. The number of nitrogens with zero attached hydrogens (tertiary/aromatic N) is 1. The first-order valence-corrected chi connectivity index (χ1v) is 9.14. The number of benzene rings is 1. The Morgan fingerprint density at radius 2 is 1.90 bits per heavy atom. The van der Waals surface area contributed by atoms with Crippen molar-refractivity contribution >= 4 is 10.0 Å². The van der Waals surface area contributed by atoms with Crippen LogP contribution >= 0.6 is 0 Å². The minimum atomic E-state index is -3.44.